The number of benzene rings is 1. The van der Waals surface area contributed by atoms with Crippen molar-refractivity contribution in [2.45, 2.75) is 32.2 Å². The fourth-order valence-corrected chi connectivity index (χ4v) is 2.79. The molecule has 2 rings (SSSR count). The van der Waals surface area contributed by atoms with Gasteiger partial charge in [-0.15, -0.1) is 6.58 Å². The Morgan fingerprint density at radius 2 is 2.38 bits per heavy atom. The van der Waals surface area contributed by atoms with Crippen molar-refractivity contribution < 1.29 is 9.53 Å². The van der Waals surface area contributed by atoms with Crippen LogP contribution >= 0.6 is 0 Å². The molecule has 114 valence electrons. The van der Waals surface area contributed by atoms with Gasteiger partial charge in [0, 0.05) is 12.6 Å². The molecule has 0 saturated heterocycles. The van der Waals surface area contributed by atoms with E-state index >= 15 is 0 Å². The quantitative estimate of drug-likeness (QED) is 0.757. The highest BCUT2D eigenvalue weighted by atomic mass is 16.5. The number of nitrogens with one attached hydrogen (secondary N) is 2. The van der Waals surface area contributed by atoms with Crippen LogP contribution in [0.3, 0.4) is 0 Å². The Bertz CT molecular complexity index is 500. The minimum Gasteiger partial charge on any atom is -0.483 e. The van der Waals surface area contributed by atoms with Gasteiger partial charge in [-0.25, -0.2) is 0 Å². The van der Waals surface area contributed by atoms with Crippen LogP contribution in [0.4, 0.5) is 0 Å². The van der Waals surface area contributed by atoms with E-state index in [0.717, 1.165) is 31.6 Å². The molecule has 0 heterocycles. The Kier molecular flexibility index (Phi) is 5.81. The average Bonchev–Trinajstić information content (AvgIpc) is 2.51. The fraction of sp³-hybridized carbons (Fsp3) is 0.471. The van der Waals surface area contributed by atoms with Gasteiger partial charge < -0.3 is 15.4 Å². The van der Waals surface area contributed by atoms with Crippen molar-refractivity contribution in [3.05, 3.63) is 42.0 Å². The molecule has 0 fully saturated rings. The second kappa shape index (κ2) is 7.84. The van der Waals surface area contributed by atoms with Crippen LogP contribution in [0.2, 0.25) is 0 Å². The van der Waals surface area contributed by atoms with Crippen LogP contribution in [0, 0.1) is 0 Å². The lowest BCUT2D eigenvalue weighted by Crippen LogP contribution is -2.29. The average molecular weight is 288 g/mol. The van der Waals surface area contributed by atoms with Crippen LogP contribution in [0.25, 0.3) is 0 Å². The highest BCUT2D eigenvalue weighted by Crippen LogP contribution is 2.35. The number of amides is 1. The third-order valence-corrected chi connectivity index (χ3v) is 3.72. The molecule has 0 radical (unpaired) electrons. The minimum atomic E-state index is -0.119. The summed E-state index contributed by atoms with van der Waals surface area (Å²) in [6, 6.07) is 6.52. The highest BCUT2D eigenvalue weighted by molar-refractivity contribution is 5.77. The summed E-state index contributed by atoms with van der Waals surface area (Å²) in [4.78, 5) is 11.6. The van der Waals surface area contributed by atoms with Crippen LogP contribution < -0.4 is 15.4 Å². The number of rotatable bonds is 7. The molecule has 1 aromatic rings. The zero-order valence-electron chi connectivity index (χ0n) is 12.7. The summed E-state index contributed by atoms with van der Waals surface area (Å²) in [5.74, 6) is 0.718. The molecule has 1 amide bonds. The third-order valence-electron chi connectivity index (χ3n) is 3.72. The maximum atomic E-state index is 11.6. The first-order valence-electron chi connectivity index (χ1n) is 7.61. The van der Waals surface area contributed by atoms with Gasteiger partial charge in [-0.05, 0) is 43.0 Å². The Morgan fingerprint density at radius 3 is 3.14 bits per heavy atom. The number of carbonyl (C=O) groups is 1. The minimum absolute atomic E-state index is 0.0518. The van der Waals surface area contributed by atoms with Gasteiger partial charge in [-0.2, -0.15) is 0 Å². The summed E-state index contributed by atoms with van der Waals surface area (Å²) in [7, 11) is 0. The molecule has 0 saturated carbocycles. The maximum Gasteiger partial charge on any atom is 0.258 e. The van der Waals surface area contributed by atoms with Crippen molar-refractivity contribution in [2.75, 3.05) is 19.7 Å². The second-order valence-corrected chi connectivity index (χ2v) is 5.21. The van der Waals surface area contributed by atoms with Crippen molar-refractivity contribution in [3.8, 4) is 5.75 Å². The molecule has 1 aliphatic rings. The summed E-state index contributed by atoms with van der Waals surface area (Å²) in [5, 5.41) is 6.23. The van der Waals surface area contributed by atoms with Gasteiger partial charge in [0.25, 0.3) is 5.91 Å². The predicted octanol–water partition coefficient (Wildman–Crippen LogP) is 2.35. The molecular weight excluding hydrogens is 264 g/mol. The Labute approximate surface area is 126 Å². The standard InChI is InChI=1S/C17H24N2O2/c1-3-11-19-17(20)12-21-16-10-6-7-13-14(16)8-5-9-15(13)18-4-2/h3,6-7,10,15,18H,1,4-5,8-9,11-12H2,2H3,(H,19,20). The van der Waals surface area contributed by atoms with Gasteiger partial charge in [0.1, 0.15) is 5.75 Å². The molecule has 0 spiro atoms. The second-order valence-electron chi connectivity index (χ2n) is 5.21. The van der Waals surface area contributed by atoms with E-state index in [9.17, 15) is 4.79 Å². The highest BCUT2D eigenvalue weighted by Gasteiger charge is 2.22. The largest absolute Gasteiger partial charge is 0.483 e. The Morgan fingerprint density at radius 1 is 1.52 bits per heavy atom. The van der Waals surface area contributed by atoms with Gasteiger partial charge in [0.2, 0.25) is 0 Å². The first-order valence-corrected chi connectivity index (χ1v) is 7.61. The van der Waals surface area contributed by atoms with E-state index in [1.807, 2.05) is 12.1 Å². The molecule has 1 aromatic carbocycles. The number of fused-ring (bicyclic) bond motifs is 1. The summed E-state index contributed by atoms with van der Waals surface area (Å²) in [5.41, 5.74) is 2.55. The predicted molar refractivity (Wildman–Crippen MR) is 84.5 cm³/mol. The first-order chi connectivity index (χ1) is 10.3. The Hall–Kier alpha value is -1.81. The van der Waals surface area contributed by atoms with Crippen molar-refractivity contribution in [1.82, 2.24) is 10.6 Å². The summed E-state index contributed by atoms with van der Waals surface area (Å²) < 4.78 is 5.72. The zero-order chi connectivity index (χ0) is 15.1. The molecule has 1 atom stereocenters. The van der Waals surface area contributed by atoms with Gasteiger partial charge in [-0.3, -0.25) is 4.79 Å². The lowest BCUT2D eigenvalue weighted by molar-refractivity contribution is -0.122. The van der Waals surface area contributed by atoms with Gasteiger partial charge >= 0.3 is 0 Å². The zero-order valence-corrected chi connectivity index (χ0v) is 12.7. The van der Waals surface area contributed by atoms with Gasteiger partial charge in [0.05, 0.1) is 0 Å². The van der Waals surface area contributed by atoms with E-state index in [1.165, 1.54) is 11.1 Å². The molecule has 1 aliphatic carbocycles. The summed E-state index contributed by atoms with van der Waals surface area (Å²) >= 11 is 0. The molecular formula is C17H24N2O2. The number of ether oxygens (including phenoxy) is 1. The van der Waals surface area contributed by atoms with Crippen LogP contribution in [-0.4, -0.2) is 25.6 Å². The van der Waals surface area contributed by atoms with E-state index in [-0.39, 0.29) is 12.5 Å². The van der Waals surface area contributed by atoms with Gasteiger partial charge in [0.15, 0.2) is 6.61 Å². The van der Waals surface area contributed by atoms with Crippen molar-refractivity contribution in [1.29, 1.82) is 0 Å². The monoisotopic (exact) mass is 288 g/mol. The summed E-state index contributed by atoms with van der Waals surface area (Å²) in [6.45, 7) is 7.17. The fourth-order valence-electron chi connectivity index (χ4n) is 2.79. The van der Waals surface area contributed by atoms with Crippen molar-refractivity contribution in [3.63, 3.8) is 0 Å². The first kappa shape index (κ1) is 15.6. The van der Waals surface area contributed by atoms with Crippen molar-refractivity contribution in [2.24, 2.45) is 0 Å². The SMILES string of the molecule is C=CCNC(=O)COc1cccc2c1CCCC2NCC. The molecule has 4 nitrogen and oxygen atoms in total. The Balaban J connectivity index is 2.05. The van der Waals surface area contributed by atoms with Crippen LogP contribution in [0.5, 0.6) is 5.75 Å². The van der Waals surface area contributed by atoms with E-state index in [0.29, 0.717) is 12.6 Å². The molecule has 1 unspecified atom stereocenters. The van der Waals surface area contributed by atoms with Crippen LogP contribution in [0.1, 0.15) is 36.9 Å². The molecule has 0 aromatic heterocycles. The van der Waals surface area contributed by atoms with Gasteiger partial charge in [-0.1, -0.05) is 25.1 Å². The van der Waals surface area contributed by atoms with E-state index in [4.69, 9.17) is 4.74 Å². The normalized spacial score (nSPS) is 16.9. The third kappa shape index (κ3) is 4.08. The van der Waals surface area contributed by atoms with E-state index < -0.39 is 0 Å². The van der Waals surface area contributed by atoms with Crippen LogP contribution in [-0.2, 0) is 11.2 Å². The lowest BCUT2D eigenvalue weighted by atomic mass is 9.87. The molecule has 0 bridgehead atoms. The smallest absolute Gasteiger partial charge is 0.258 e. The summed E-state index contributed by atoms with van der Waals surface area (Å²) in [6.07, 6.45) is 4.97. The lowest BCUT2D eigenvalue weighted by Gasteiger charge is -2.27. The number of carbonyl (C=O) groups excluding carboxylic acids is 1. The van der Waals surface area contributed by atoms with E-state index in [2.05, 4.69) is 30.2 Å². The number of hydrogen-bond acceptors (Lipinski definition) is 3. The van der Waals surface area contributed by atoms with Crippen molar-refractivity contribution >= 4 is 5.91 Å². The number of hydrogen-bond donors (Lipinski definition) is 2. The van der Waals surface area contributed by atoms with E-state index in [1.54, 1.807) is 6.08 Å². The topological polar surface area (TPSA) is 50.4 Å². The van der Waals surface area contributed by atoms with Crippen LogP contribution in [0.15, 0.2) is 30.9 Å². The maximum absolute atomic E-state index is 11.6. The molecule has 21 heavy (non-hydrogen) atoms. The molecule has 0 aliphatic heterocycles. The molecule has 4 heteroatoms. The molecule has 2 N–H and O–H groups in total.